The summed E-state index contributed by atoms with van der Waals surface area (Å²) in [4.78, 5) is 23.9. The number of nitrogens with zero attached hydrogens (tertiary/aromatic N) is 5. The summed E-state index contributed by atoms with van der Waals surface area (Å²) < 4.78 is 4.91. The molecule has 4 rings (SSSR count). The van der Waals surface area contributed by atoms with Gasteiger partial charge < -0.3 is 19.6 Å². The minimum Gasteiger partial charge on any atom is -0.364 e. The van der Waals surface area contributed by atoms with Gasteiger partial charge >= 0.3 is 0 Å². The molecule has 9 heteroatoms. The maximum atomic E-state index is 12.8. The molecule has 2 aliphatic heterocycles. The van der Waals surface area contributed by atoms with Crippen molar-refractivity contribution in [1.82, 2.24) is 20.3 Å². The number of nitrogens with one attached hydrogen (secondary N) is 1. The van der Waals surface area contributed by atoms with Crippen molar-refractivity contribution in [2.75, 3.05) is 50.7 Å². The zero-order valence-corrected chi connectivity index (χ0v) is 19.6. The number of piperazine rings is 1. The van der Waals surface area contributed by atoms with Gasteiger partial charge in [-0.1, -0.05) is 23.4 Å². The van der Waals surface area contributed by atoms with Crippen LogP contribution >= 0.6 is 24.0 Å². The van der Waals surface area contributed by atoms with E-state index in [4.69, 9.17) is 4.52 Å². The van der Waals surface area contributed by atoms with Crippen LogP contribution in [0.3, 0.4) is 0 Å². The van der Waals surface area contributed by atoms with Crippen molar-refractivity contribution in [3.05, 3.63) is 47.9 Å². The Hall–Kier alpha value is -2.14. The van der Waals surface area contributed by atoms with Crippen molar-refractivity contribution in [1.29, 1.82) is 0 Å². The maximum Gasteiger partial charge on any atom is 0.248 e. The van der Waals surface area contributed by atoms with Crippen LogP contribution in [0.1, 0.15) is 18.2 Å². The Morgan fingerprint density at radius 1 is 1.17 bits per heavy atom. The Bertz CT molecular complexity index is 849. The molecule has 0 aliphatic carbocycles. The van der Waals surface area contributed by atoms with Gasteiger partial charge in [0.15, 0.2) is 5.96 Å². The molecule has 0 spiro atoms. The van der Waals surface area contributed by atoms with Gasteiger partial charge in [-0.25, -0.2) is 4.99 Å². The molecule has 0 atom stereocenters. The third kappa shape index (κ3) is 5.31. The van der Waals surface area contributed by atoms with Gasteiger partial charge in [-0.2, -0.15) is 0 Å². The molecule has 1 saturated heterocycles. The first-order valence-electron chi connectivity index (χ1n) is 10.3. The van der Waals surface area contributed by atoms with Crippen LogP contribution < -0.4 is 10.2 Å². The average Bonchev–Trinajstić information content (AvgIpc) is 3.41. The SMILES string of the molecule is CCNC(=NCC(=O)N1CCc2ccccc21)N1CCN(Cc2ccon2)CC1.I. The lowest BCUT2D eigenvalue weighted by Gasteiger charge is -2.36. The van der Waals surface area contributed by atoms with E-state index in [0.717, 1.165) is 69.6 Å². The normalized spacial score (nSPS) is 16.9. The number of carbonyl (C=O) groups is 1. The van der Waals surface area contributed by atoms with Crippen LogP contribution in [0.5, 0.6) is 0 Å². The van der Waals surface area contributed by atoms with Crippen molar-refractivity contribution in [2.24, 2.45) is 4.99 Å². The number of carbonyl (C=O) groups excluding carboxylic acids is 1. The predicted octanol–water partition coefficient (Wildman–Crippen LogP) is 1.96. The summed E-state index contributed by atoms with van der Waals surface area (Å²) >= 11 is 0. The van der Waals surface area contributed by atoms with Gasteiger partial charge in [0.25, 0.3) is 0 Å². The first kappa shape index (κ1) is 22.5. The molecule has 0 saturated carbocycles. The number of hydrogen-bond donors (Lipinski definition) is 1. The number of halogens is 1. The highest BCUT2D eigenvalue weighted by atomic mass is 127. The Morgan fingerprint density at radius 3 is 2.70 bits per heavy atom. The average molecular weight is 524 g/mol. The van der Waals surface area contributed by atoms with Crippen molar-refractivity contribution in [2.45, 2.75) is 19.9 Å². The largest absolute Gasteiger partial charge is 0.364 e. The summed E-state index contributed by atoms with van der Waals surface area (Å²) in [7, 11) is 0. The van der Waals surface area contributed by atoms with Crippen LogP contribution in [0.4, 0.5) is 5.69 Å². The van der Waals surface area contributed by atoms with Gasteiger partial charge in [0.2, 0.25) is 5.91 Å². The molecule has 8 nitrogen and oxygen atoms in total. The highest BCUT2D eigenvalue weighted by molar-refractivity contribution is 14.0. The second-order valence-electron chi connectivity index (χ2n) is 7.35. The molecule has 1 fully saturated rings. The van der Waals surface area contributed by atoms with Crippen molar-refractivity contribution in [3.63, 3.8) is 0 Å². The number of para-hydroxylation sites is 1. The van der Waals surface area contributed by atoms with E-state index < -0.39 is 0 Å². The van der Waals surface area contributed by atoms with E-state index in [1.807, 2.05) is 29.2 Å². The standard InChI is InChI=1S/C21H28N6O2.HI/c1-2-22-21(26-12-10-25(11-13-26)16-18-8-14-29-24-18)23-15-20(28)27-9-7-17-5-3-4-6-19(17)27;/h3-6,8,14H,2,7,9-13,15-16H2,1H3,(H,22,23);1H. The second-order valence-corrected chi connectivity index (χ2v) is 7.35. The Kier molecular flexibility index (Phi) is 8.08. The van der Waals surface area contributed by atoms with Crippen molar-refractivity contribution < 1.29 is 9.32 Å². The van der Waals surface area contributed by atoms with Crippen LogP contribution in [0.2, 0.25) is 0 Å². The lowest BCUT2D eigenvalue weighted by atomic mass is 10.2. The fourth-order valence-corrected chi connectivity index (χ4v) is 3.92. The number of fused-ring (bicyclic) bond motifs is 1. The van der Waals surface area contributed by atoms with E-state index in [9.17, 15) is 4.79 Å². The molecule has 1 N–H and O–H groups in total. The van der Waals surface area contributed by atoms with E-state index in [-0.39, 0.29) is 36.4 Å². The van der Waals surface area contributed by atoms with Gasteiger partial charge in [-0.15, -0.1) is 24.0 Å². The minimum absolute atomic E-state index is 0. The Labute approximate surface area is 194 Å². The summed E-state index contributed by atoms with van der Waals surface area (Å²) in [5.41, 5.74) is 3.22. The molecule has 162 valence electrons. The highest BCUT2D eigenvalue weighted by Crippen LogP contribution is 2.27. The van der Waals surface area contributed by atoms with Crippen LogP contribution in [-0.4, -0.2) is 72.6 Å². The third-order valence-corrected chi connectivity index (χ3v) is 5.44. The number of hydrogen-bond acceptors (Lipinski definition) is 5. The van der Waals surface area contributed by atoms with Gasteiger partial charge in [-0.3, -0.25) is 9.69 Å². The molecule has 1 aromatic heterocycles. The lowest BCUT2D eigenvalue weighted by molar-refractivity contribution is -0.117. The number of amides is 1. The molecule has 2 aliphatic rings. The molecule has 2 aromatic rings. The topological polar surface area (TPSA) is 77.2 Å². The number of aromatic nitrogens is 1. The van der Waals surface area contributed by atoms with Crippen LogP contribution in [0.15, 0.2) is 46.1 Å². The molecule has 3 heterocycles. The number of anilines is 1. The Morgan fingerprint density at radius 2 is 1.97 bits per heavy atom. The van der Waals surface area contributed by atoms with E-state index in [2.05, 4.69) is 38.3 Å². The highest BCUT2D eigenvalue weighted by Gasteiger charge is 2.25. The first-order chi connectivity index (χ1) is 14.2. The van der Waals surface area contributed by atoms with E-state index in [1.54, 1.807) is 6.26 Å². The van der Waals surface area contributed by atoms with Crippen molar-refractivity contribution >= 4 is 41.5 Å². The number of rotatable bonds is 5. The van der Waals surface area contributed by atoms with Gasteiger partial charge in [0.05, 0.1) is 5.69 Å². The fraction of sp³-hybridized carbons (Fsp3) is 0.476. The first-order valence-corrected chi connectivity index (χ1v) is 10.3. The molecule has 1 aromatic carbocycles. The fourth-order valence-electron chi connectivity index (χ4n) is 3.92. The quantitative estimate of drug-likeness (QED) is 0.366. The van der Waals surface area contributed by atoms with Crippen molar-refractivity contribution in [3.8, 4) is 0 Å². The summed E-state index contributed by atoms with van der Waals surface area (Å²) in [6.45, 7) is 8.10. The molecule has 0 unspecified atom stereocenters. The number of aliphatic imine (C=N–C) groups is 1. The maximum absolute atomic E-state index is 12.8. The minimum atomic E-state index is 0. The van der Waals surface area contributed by atoms with E-state index in [0.29, 0.717) is 0 Å². The predicted molar refractivity (Wildman–Crippen MR) is 127 cm³/mol. The van der Waals surface area contributed by atoms with Crippen LogP contribution in [0.25, 0.3) is 0 Å². The van der Waals surface area contributed by atoms with E-state index in [1.165, 1.54) is 5.56 Å². The molecule has 0 radical (unpaired) electrons. The molecule has 1 amide bonds. The lowest BCUT2D eigenvalue weighted by Crippen LogP contribution is -2.52. The van der Waals surface area contributed by atoms with E-state index >= 15 is 0 Å². The molecular formula is C21H29IN6O2. The van der Waals surface area contributed by atoms with Gasteiger partial charge in [-0.05, 0) is 25.0 Å². The third-order valence-electron chi connectivity index (χ3n) is 5.44. The summed E-state index contributed by atoms with van der Waals surface area (Å²) in [5, 5.41) is 7.33. The summed E-state index contributed by atoms with van der Waals surface area (Å²) in [6.07, 6.45) is 2.52. The van der Waals surface area contributed by atoms with Gasteiger partial charge in [0.1, 0.15) is 12.8 Å². The van der Waals surface area contributed by atoms with Crippen LogP contribution in [0, 0.1) is 0 Å². The molecule has 0 bridgehead atoms. The summed E-state index contributed by atoms with van der Waals surface area (Å²) in [6, 6.07) is 10.0. The second kappa shape index (κ2) is 10.8. The number of guanidine groups is 1. The molecule has 30 heavy (non-hydrogen) atoms. The smallest absolute Gasteiger partial charge is 0.248 e. The summed E-state index contributed by atoms with van der Waals surface area (Å²) in [5.74, 6) is 0.865. The zero-order chi connectivity index (χ0) is 20.1. The molecular weight excluding hydrogens is 495 g/mol. The van der Waals surface area contributed by atoms with Crippen LogP contribution in [-0.2, 0) is 17.8 Å². The monoisotopic (exact) mass is 524 g/mol. The zero-order valence-electron chi connectivity index (χ0n) is 17.3. The Balaban J connectivity index is 0.00000256. The van der Waals surface area contributed by atoms with Gasteiger partial charge in [0, 0.05) is 57.6 Å². The number of benzene rings is 1.